The van der Waals surface area contributed by atoms with E-state index in [4.69, 9.17) is 4.74 Å². The second-order valence-electron chi connectivity index (χ2n) is 4.50. The molecule has 0 atom stereocenters. The highest BCUT2D eigenvalue weighted by Gasteiger charge is 2.15. The van der Waals surface area contributed by atoms with Crippen molar-refractivity contribution in [3.8, 4) is 0 Å². The van der Waals surface area contributed by atoms with Crippen LogP contribution in [0, 0.1) is 10.1 Å². The van der Waals surface area contributed by atoms with Crippen molar-refractivity contribution in [3.05, 3.63) is 39.9 Å². The van der Waals surface area contributed by atoms with Crippen LogP contribution in [0.4, 0.5) is 10.5 Å². The largest absolute Gasteiger partial charge is 0.378 e. The van der Waals surface area contributed by atoms with Crippen LogP contribution in [0.2, 0.25) is 0 Å². The number of nitrogens with zero attached hydrogens (tertiary/aromatic N) is 2. The molecule has 0 spiro atoms. The van der Waals surface area contributed by atoms with E-state index in [0.29, 0.717) is 39.3 Å². The van der Waals surface area contributed by atoms with E-state index in [0.717, 1.165) is 5.56 Å². The Hall–Kier alpha value is -2.15. The lowest BCUT2D eigenvalue weighted by Gasteiger charge is -2.26. The maximum atomic E-state index is 11.8. The number of nitro groups is 1. The highest BCUT2D eigenvalue weighted by atomic mass is 16.6. The summed E-state index contributed by atoms with van der Waals surface area (Å²) in [5, 5.41) is 13.4. The van der Waals surface area contributed by atoms with E-state index in [-0.39, 0.29) is 11.7 Å². The molecule has 7 heteroatoms. The van der Waals surface area contributed by atoms with E-state index in [1.165, 1.54) is 12.1 Å². The van der Waals surface area contributed by atoms with Gasteiger partial charge in [0.1, 0.15) is 0 Å². The summed E-state index contributed by atoms with van der Waals surface area (Å²) >= 11 is 0. The molecule has 2 amide bonds. The zero-order valence-corrected chi connectivity index (χ0v) is 11.1. The predicted molar refractivity (Wildman–Crippen MR) is 72.6 cm³/mol. The van der Waals surface area contributed by atoms with Crippen LogP contribution in [0.5, 0.6) is 0 Å². The maximum absolute atomic E-state index is 11.8. The van der Waals surface area contributed by atoms with Gasteiger partial charge in [0.05, 0.1) is 18.1 Å². The standard InChI is InChI=1S/C13H17N3O4/c17-13(15-7-9-20-10-8-15)14-6-5-11-1-3-12(4-2-11)16(18)19/h1-4H,5-10H2,(H,14,17). The third kappa shape index (κ3) is 3.92. The van der Waals surface area contributed by atoms with Crippen LogP contribution < -0.4 is 5.32 Å². The van der Waals surface area contributed by atoms with Crippen LogP contribution in [-0.2, 0) is 11.2 Å². The number of amides is 2. The molecule has 1 aliphatic heterocycles. The van der Waals surface area contributed by atoms with Crippen molar-refractivity contribution < 1.29 is 14.5 Å². The zero-order valence-electron chi connectivity index (χ0n) is 11.1. The summed E-state index contributed by atoms with van der Waals surface area (Å²) < 4.78 is 5.18. The lowest BCUT2D eigenvalue weighted by atomic mass is 10.1. The number of morpholine rings is 1. The molecule has 108 valence electrons. The molecule has 20 heavy (non-hydrogen) atoms. The fourth-order valence-corrected chi connectivity index (χ4v) is 1.98. The van der Waals surface area contributed by atoms with Gasteiger partial charge in [-0.1, -0.05) is 12.1 Å². The topological polar surface area (TPSA) is 84.7 Å². The summed E-state index contributed by atoms with van der Waals surface area (Å²) in [5.74, 6) is 0. The first kappa shape index (κ1) is 14.3. The lowest BCUT2D eigenvalue weighted by Crippen LogP contribution is -2.46. The molecular weight excluding hydrogens is 262 g/mol. The quantitative estimate of drug-likeness (QED) is 0.662. The van der Waals surface area contributed by atoms with Gasteiger partial charge < -0.3 is 15.0 Å². The molecular formula is C13H17N3O4. The van der Waals surface area contributed by atoms with E-state index in [1.807, 2.05) is 0 Å². The molecule has 1 fully saturated rings. The molecule has 7 nitrogen and oxygen atoms in total. The van der Waals surface area contributed by atoms with Crippen molar-refractivity contribution in [1.82, 2.24) is 10.2 Å². The van der Waals surface area contributed by atoms with Gasteiger partial charge in [0.2, 0.25) is 0 Å². The van der Waals surface area contributed by atoms with Crippen molar-refractivity contribution in [2.45, 2.75) is 6.42 Å². The maximum Gasteiger partial charge on any atom is 0.317 e. The molecule has 0 unspecified atom stereocenters. The van der Waals surface area contributed by atoms with Crippen LogP contribution in [0.1, 0.15) is 5.56 Å². The first-order chi connectivity index (χ1) is 9.66. The molecule has 0 aromatic heterocycles. The Morgan fingerprint density at radius 3 is 2.55 bits per heavy atom. The fraction of sp³-hybridized carbons (Fsp3) is 0.462. The molecule has 1 aromatic carbocycles. The first-order valence-corrected chi connectivity index (χ1v) is 6.50. The van der Waals surface area contributed by atoms with Crippen LogP contribution in [-0.4, -0.2) is 48.7 Å². The highest BCUT2D eigenvalue weighted by molar-refractivity contribution is 5.74. The van der Waals surface area contributed by atoms with E-state index in [9.17, 15) is 14.9 Å². The Morgan fingerprint density at radius 2 is 1.95 bits per heavy atom. The lowest BCUT2D eigenvalue weighted by molar-refractivity contribution is -0.384. The smallest absolute Gasteiger partial charge is 0.317 e. The summed E-state index contributed by atoms with van der Waals surface area (Å²) in [7, 11) is 0. The van der Waals surface area contributed by atoms with Gasteiger partial charge in [-0.15, -0.1) is 0 Å². The number of ether oxygens (including phenoxy) is 1. The number of rotatable bonds is 4. The number of nitrogens with one attached hydrogen (secondary N) is 1. The number of carbonyl (C=O) groups is 1. The second-order valence-corrected chi connectivity index (χ2v) is 4.50. The minimum atomic E-state index is -0.427. The third-order valence-corrected chi connectivity index (χ3v) is 3.14. The van der Waals surface area contributed by atoms with Gasteiger partial charge in [-0.2, -0.15) is 0 Å². The van der Waals surface area contributed by atoms with E-state index >= 15 is 0 Å². The predicted octanol–water partition coefficient (Wildman–Crippen LogP) is 1.18. The number of nitro benzene ring substituents is 1. The van der Waals surface area contributed by atoms with Crippen molar-refractivity contribution in [3.63, 3.8) is 0 Å². The summed E-state index contributed by atoms with van der Waals surface area (Å²) in [6.07, 6.45) is 0.647. The Morgan fingerprint density at radius 1 is 1.30 bits per heavy atom. The summed E-state index contributed by atoms with van der Waals surface area (Å²) in [4.78, 5) is 23.6. The minimum Gasteiger partial charge on any atom is -0.378 e. The Kier molecular flexibility index (Phi) is 4.89. The van der Waals surface area contributed by atoms with E-state index in [2.05, 4.69) is 5.32 Å². The summed E-state index contributed by atoms with van der Waals surface area (Å²) in [6.45, 7) is 2.90. The normalized spacial score (nSPS) is 14.9. The monoisotopic (exact) mass is 279 g/mol. The van der Waals surface area contributed by atoms with Crippen molar-refractivity contribution >= 4 is 11.7 Å². The molecule has 0 radical (unpaired) electrons. The average molecular weight is 279 g/mol. The van der Waals surface area contributed by atoms with Crippen molar-refractivity contribution in [1.29, 1.82) is 0 Å². The number of urea groups is 1. The van der Waals surface area contributed by atoms with Gasteiger partial charge in [0.25, 0.3) is 5.69 Å². The first-order valence-electron chi connectivity index (χ1n) is 6.50. The van der Waals surface area contributed by atoms with Crippen LogP contribution >= 0.6 is 0 Å². The summed E-state index contributed by atoms with van der Waals surface area (Å²) in [5.41, 5.74) is 1.03. The van der Waals surface area contributed by atoms with Gasteiger partial charge in [0, 0.05) is 31.8 Å². The average Bonchev–Trinajstić information content (AvgIpc) is 2.48. The van der Waals surface area contributed by atoms with Gasteiger partial charge in [-0.05, 0) is 12.0 Å². The van der Waals surface area contributed by atoms with Gasteiger partial charge in [-0.3, -0.25) is 10.1 Å². The number of carbonyl (C=O) groups excluding carboxylic acids is 1. The fourth-order valence-electron chi connectivity index (χ4n) is 1.98. The second kappa shape index (κ2) is 6.85. The molecule has 1 aromatic rings. The van der Waals surface area contributed by atoms with Crippen molar-refractivity contribution in [2.24, 2.45) is 0 Å². The van der Waals surface area contributed by atoms with Gasteiger partial charge >= 0.3 is 6.03 Å². The Bertz CT molecular complexity index is 469. The summed E-state index contributed by atoms with van der Waals surface area (Å²) in [6, 6.07) is 6.27. The SMILES string of the molecule is O=C(NCCc1ccc([N+](=O)[O-])cc1)N1CCOCC1. The Balaban J connectivity index is 1.74. The van der Waals surface area contributed by atoms with Gasteiger partial charge in [0.15, 0.2) is 0 Å². The number of benzene rings is 1. The highest BCUT2D eigenvalue weighted by Crippen LogP contribution is 2.11. The van der Waals surface area contributed by atoms with Gasteiger partial charge in [-0.25, -0.2) is 4.79 Å². The van der Waals surface area contributed by atoms with Crippen LogP contribution in [0.3, 0.4) is 0 Å². The van der Waals surface area contributed by atoms with Crippen molar-refractivity contribution in [2.75, 3.05) is 32.8 Å². The molecule has 1 aliphatic rings. The molecule has 0 aliphatic carbocycles. The van der Waals surface area contributed by atoms with E-state index in [1.54, 1.807) is 17.0 Å². The molecule has 1 N–H and O–H groups in total. The molecule has 2 rings (SSSR count). The Labute approximate surface area is 116 Å². The molecule has 1 heterocycles. The van der Waals surface area contributed by atoms with Crippen LogP contribution in [0.15, 0.2) is 24.3 Å². The number of non-ortho nitro benzene ring substituents is 1. The minimum absolute atomic E-state index is 0.0751. The third-order valence-electron chi connectivity index (χ3n) is 3.14. The molecule has 0 saturated carbocycles. The molecule has 0 bridgehead atoms. The van der Waals surface area contributed by atoms with E-state index < -0.39 is 4.92 Å². The number of hydrogen-bond donors (Lipinski definition) is 1. The zero-order chi connectivity index (χ0) is 14.4. The molecule has 1 saturated heterocycles. The number of hydrogen-bond acceptors (Lipinski definition) is 4. The van der Waals surface area contributed by atoms with Crippen LogP contribution in [0.25, 0.3) is 0 Å².